The highest BCUT2D eigenvalue weighted by molar-refractivity contribution is 14.0. The average molecular weight is 503 g/mol. The minimum absolute atomic E-state index is 0. The Bertz CT molecular complexity index is 625. The van der Waals surface area contributed by atoms with Crippen LogP contribution in [0.1, 0.15) is 64.7 Å². The molecule has 1 aliphatic heterocycles. The molecule has 0 atom stereocenters. The third-order valence-electron chi connectivity index (χ3n) is 5.02. The highest BCUT2D eigenvalue weighted by Gasteiger charge is 2.19. The molecule has 2 rings (SSSR count). The van der Waals surface area contributed by atoms with Crippen molar-refractivity contribution >= 4 is 35.4 Å². The monoisotopic (exact) mass is 503 g/mol. The molecule has 158 valence electrons. The summed E-state index contributed by atoms with van der Waals surface area (Å²) in [6, 6.07) is 4.75. The van der Waals surface area contributed by atoms with E-state index in [0.29, 0.717) is 5.75 Å². The third kappa shape index (κ3) is 7.85. The van der Waals surface area contributed by atoms with E-state index in [1.54, 1.807) is 13.2 Å². The summed E-state index contributed by atoms with van der Waals surface area (Å²) in [6.45, 7) is 4.05. The molecule has 0 N–H and O–H groups in total. The molecule has 0 bridgehead atoms. The van der Waals surface area contributed by atoms with Gasteiger partial charge in [-0.2, -0.15) is 0 Å². The normalized spacial score (nSPS) is 12.9. The van der Waals surface area contributed by atoms with Gasteiger partial charge in [0.25, 0.3) is 5.69 Å². The molecule has 0 spiro atoms. The number of hydrogen-bond donors (Lipinski definition) is 0. The molecule has 1 aromatic rings. The number of rotatable bonds is 13. The SMILES string of the molecule is CCCCCCCCCCCN1C=CN(c2ccc([N+](=O)[O-])cc2OC)C1.I. The predicted molar refractivity (Wildman–Crippen MR) is 125 cm³/mol. The predicted octanol–water partition coefficient (Wildman–Crippen LogP) is 6.30. The van der Waals surface area contributed by atoms with Gasteiger partial charge in [-0.3, -0.25) is 10.1 Å². The molecule has 0 saturated carbocycles. The molecule has 0 amide bonds. The van der Waals surface area contributed by atoms with Crippen molar-refractivity contribution in [3.05, 3.63) is 40.7 Å². The van der Waals surface area contributed by atoms with E-state index >= 15 is 0 Å². The van der Waals surface area contributed by atoms with E-state index in [1.807, 2.05) is 6.20 Å². The number of methoxy groups -OCH3 is 1. The summed E-state index contributed by atoms with van der Waals surface area (Å²) in [5.41, 5.74) is 0.902. The molecule has 7 heteroatoms. The van der Waals surface area contributed by atoms with E-state index in [-0.39, 0.29) is 29.7 Å². The number of nitro groups is 1. The summed E-state index contributed by atoms with van der Waals surface area (Å²) in [6.07, 6.45) is 16.1. The van der Waals surface area contributed by atoms with Crippen LogP contribution < -0.4 is 9.64 Å². The first-order valence-corrected chi connectivity index (χ1v) is 10.2. The average Bonchev–Trinajstić information content (AvgIpc) is 3.14. The first-order chi connectivity index (χ1) is 13.2. The summed E-state index contributed by atoms with van der Waals surface area (Å²) < 4.78 is 5.35. The minimum atomic E-state index is -0.401. The number of nitrogens with zero attached hydrogens (tertiary/aromatic N) is 3. The first kappa shape index (κ1) is 24.5. The van der Waals surface area contributed by atoms with E-state index < -0.39 is 4.92 Å². The van der Waals surface area contributed by atoms with Crippen LogP contribution in [0.25, 0.3) is 0 Å². The Hall–Kier alpha value is -1.51. The van der Waals surface area contributed by atoms with Crippen LogP contribution in [0.15, 0.2) is 30.6 Å². The van der Waals surface area contributed by atoms with Gasteiger partial charge in [0, 0.05) is 25.0 Å². The Morgan fingerprint density at radius 2 is 1.68 bits per heavy atom. The summed E-state index contributed by atoms with van der Waals surface area (Å²) in [5.74, 6) is 0.527. The molecule has 0 saturated heterocycles. The van der Waals surface area contributed by atoms with Crippen molar-refractivity contribution in [2.24, 2.45) is 0 Å². The Balaban J connectivity index is 0.00000392. The highest BCUT2D eigenvalue weighted by Crippen LogP contribution is 2.33. The van der Waals surface area contributed by atoms with Gasteiger partial charge in [0.05, 0.1) is 30.5 Å². The number of nitro benzene ring substituents is 1. The van der Waals surface area contributed by atoms with Gasteiger partial charge in [0.2, 0.25) is 0 Å². The molecule has 0 unspecified atom stereocenters. The lowest BCUT2D eigenvalue weighted by Gasteiger charge is -2.22. The molecular formula is C21H34IN3O3. The number of unbranched alkanes of at least 4 members (excludes halogenated alkanes) is 8. The zero-order chi connectivity index (χ0) is 19.5. The number of hydrogen-bond acceptors (Lipinski definition) is 5. The molecule has 0 aliphatic carbocycles. The van der Waals surface area contributed by atoms with Crippen molar-refractivity contribution < 1.29 is 9.66 Å². The lowest BCUT2D eigenvalue weighted by molar-refractivity contribution is -0.384. The van der Waals surface area contributed by atoms with Crippen molar-refractivity contribution in [3.63, 3.8) is 0 Å². The van der Waals surface area contributed by atoms with Crippen molar-refractivity contribution in [1.29, 1.82) is 0 Å². The van der Waals surface area contributed by atoms with Gasteiger partial charge in [-0.25, -0.2) is 0 Å². The van der Waals surface area contributed by atoms with Gasteiger partial charge in [-0.1, -0.05) is 58.3 Å². The van der Waals surface area contributed by atoms with Crippen molar-refractivity contribution in [3.8, 4) is 5.75 Å². The molecule has 0 aromatic heterocycles. The maximum atomic E-state index is 10.9. The minimum Gasteiger partial charge on any atom is -0.494 e. The van der Waals surface area contributed by atoms with Gasteiger partial charge in [-0.05, 0) is 12.5 Å². The van der Waals surface area contributed by atoms with Gasteiger partial charge in [0.15, 0.2) is 0 Å². The fraction of sp³-hybridized carbons (Fsp3) is 0.619. The van der Waals surface area contributed by atoms with E-state index in [2.05, 4.69) is 22.9 Å². The van der Waals surface area contributed by atoms with E-state index in [9.17, 15) is 10.1 Å². The van der Waals surface area contributed by atoms with E-state index in [0.717, 1.165) is 18.9 Å². The number of anilines is 1. The fourth-order valence-electron chi connectivity index (χ4n) is 3.41. The second-order valence-electron chi connectivity index (χ2n) is 7.16. The summed E-state index contributed by atoms with van der Waals surface area (Å²) in [4.78, 5) is 14.9. The van der Waals surface area contributed by atoms with Crippen LogP contribution >= 0.6 is 24.0 Å². The highest BCUT2D eigenvalue weighted by atomic mass is 127. The molecule has 28 heavy (non-hydrogen) atoms. The Morgan fingerprint density at radius 1 is 1.04 bits per heavy atom. The zero-order valence-electron chi connectivity index (χ0n) is 17.1. The topological polar surface area (TPSA) is 58.9 Å². The summed E-state index contributed by atoms with van der Waals surface area (Å²) in [5, 5.41) is 10.9. The molecule has 0 radical (unpaired) electrons. The number of non-ortho nitro benzene ring substituents is 1. The third-order valence-corrected chi connectivity index (χ3v) is 5.02. The molecule has 1 aromatic carbocycles. The smallest absolute Gasteiger partial charge is 0.273 e. The quantitative estimate of drug-likeness (QED) is 0.137. The Morgan fingerprint density at radius 3 is 2.29 bits per heavy atom. The van der Waals surface area contributed by atoms with Gasteiger partial charge in [-0.15, -0.1) is 24.0 Å². The van der Waals surface area contributed by atoms with E-state index in [4.69, 9.17) is 4.74 Å². The van der Waals surface area contributed by atoms with Crippen molar-refractivity contribution in [2.75, 3.05) is 25.2 Å². The lowest BCUT2D eigenvalue weighted by atomic mass is 10.1. The molecule has 6 nitrogen and oxygen atoms in total. The number of benzene rings is 1. The summed E-state index contributed by atoms with van der Waals surface area (Å²) in [7, 11) is 1.54. The standard InChI is InChI=1S/C21H33N3O3.HI/c1-3-4-5-6-7-8-9-10-11-14-22-15-16-23(18-22)20-13-12-19(24(25)26)17-21(20)27-2;/h12-13,15-17H,3-11,14,18H2,1-2H3;1H. The van der Waals surface area contributed by atoms with Crippen molar-refractivity contribution in [1.82, 2.24) is 4.90 Å². The van der Waals surface area contributed by atoms with Crippen LogP contribution in [0.2, 0.25) is 0 Å². The Labute approximate surface area is 186 Å². The maximum absolute atomic E-state index is 10.9. The largest absolute Gasteiger partial charge is 0.494 e. The molecule has 1 aliphatic rings. The Kier molecular flexibility index (Phi) is 11.9. The van der Waals surface area contributed by atoms with Crippen LogP contribution in [-0.4, -0.2) is 30.1 Å². The fourth-order valence-corrected chi connectivity index (χ4v) is 3.41. The van der Waals surface area contributed by atoms with Gasteiger partial charge < -0.3 is 14.5 Å². The lowest BCUT2D eigenvalue weighted by Crippen LogP contribution is -2.26. The van der Waals surface area contributed by atoms with Gasteiger partial charge in [0.1, 0.15) is 5.75 Å². The number of ether oxygens (including phenoxy) is 1. The van der Waals surface area contributed by atoms with Crippen LogP contribution in [0, 0.1) is 10.1 Å². The van der Waals surface area contributed by atoms with Crippen LogP contribution in [-0.2, 0) is 0 Å². The van der Waals surface area contributed by atoms with Crippen molar-refractivity contribution in [2.45, 2.75) is 64.7 Å². The van der Waals surface area contributed by atoms with Crippen LogP contribution in [0.5, 0.6) is 5.75 Å². The molecular weight excluding hydrogens is 469 g/mol. The second-order valence-corrected chi connectivity index (χ2v) is 7.16. The summed E-state index contributed by atoms with van der Waals surface area (Å²) >= 11 is 0. The first-order valence-electron chi connectivity index (χ1n) is 10.2. The number of halogens is 1. The zero-order valence-corrected chi connectivity index (χ0v) is 19.5. The van der Waals surface area contributed by atoms with Crippen LogP contribution in [0.3, 0.4) is 0 Å². The van der Waals surface area contributed by atoms with E-state index in [1.165, 1.54) is 69.9 Å². The van der Waals surface area contributed by atoms with Gasteiger partial charge >= 0.3 is 0 Å². The second kappa shape index (κ2) is 13.6. The maximum Gasteiger partial charge on any atom is 0.273 e. The van der Waals surface area contributed by atoms with Crippen LogP contribution in [0.4, 0.5) is 11.4 Å². The molecule has 1 heterocycles. The molecule has 0 fully saturated rings.